The number of ether oxygens (including phenoxy) is 1. The Hall–Kier alpha value is -1.36. The molecular formula is C14H24N2O3. The number of hydrogen-bond donors (Lipinski definition) is 1. The van der Waals surface area contributed by atoms with Crippen molar-refractivity contribution in [2.75, 3.05) is 26.2 Å². The fraction of sp³-hybridized carbons (Fsp3) is 0.714. The lowest BCUT2D eigenvalue weighted by molar-refractivity contribution is -0.149. The van der Waals surface area contributed by atoms with Crippen LogP contribution in [0.3, 0.4) is 0 Å². The Labute approximate surface area is 115 Å². The van der Waals surface area contributed by atoms with Crippen molar-refractivity contribution in [3.05, 3.63) is 12.7 Å². The molecule has 0 aliphatic carbocycles. The van der Waals surface area contributed by atoms with Gasteiger partial charge in [-0.3, -0.25) is 14.5 Å². The second-order valence-electron chi connectivity index (χ2n) is 4.77. The van der Waals surface area contributed by atoms with Crippen LogP contribution in [-0.2, 0) is 14.3 Å². The van der Waals surface area contributed by atoms with E-state index in [0.29, 0.717) is 13.2 Å². The van der Waals surface area contributed by atoms with Crippen LogP contribution in [0.1, 0.15) is 26.7 Å². The molecule has 1 atom stereocenters. The van der Waals surface area contributed by atoms with Crippen molar-refractivity contribution in [2.24, 2.45) is 5.92 Å². The highest BCUT2D eigenvalue weighted by molar-refractivity contribution is 5.81. The molecule has 1 N–H and O–H groups in total. The van der Waals surface area contributed by atoms with Gasteiger partial charge in [-0.15, -0.1) is 6.58 Å². The SMILES string of the molecule is C=CCNC(=O)C(C)N1CCC(C(=O)OCC)CC1. The van der Waals surface area contributed by atoms with Crippen molar-refractivity contribution in [3.63, 3.8) is 0 Å². The van der Waals surface area contributed by atoms with Gasteiger partial charge in [0.15, 0.2) is 0 Å². The number of rotatable bonds is 6. The molecule has 5 heteroatoms. The minimum atomic E-state index is -0.164. The van der Waals surface area contributed by atoms with E-state index in [1.807, 2.05) is 13.8 Å². The molecule has 1 amide bonds. The number of piperidine rings is 1. The molecule has 0 aromatic rings. The summed E-state index contributed by atoms with van der Waals surface area (Å²) >= 11 is 0. The summed E-state index contributed by atoms with van der Waals surface area (Å²) in [6, 6.07) is -0.164. The molecule has 1 unspecified atom stereocenters. The highest BCUT2D eigenvalue weighted by Crippen LogP contribution is 2.20. The van der Waals surface area contributed by atoms with Crippen LogP contribution in [0.25, 0.3) is 0 Å². The van der Waals surface area contributed by atoms with E-state index in [1.165, 1.54) is 0 Å². The minimum absolute atomic E-state index is 0.00878. The summed E-state index contributed by atoms with van der Waals surface area (Å²) in [4.78, 5) is 25.6. The number of amides is 1. The van der Waals surface area contributed by atoms with Crippen LogP contribution in [0.4, 0.5) is 0 Å². The zero-order valence-corrected chi connectivity index (χ0v) is 11.9. The van der Waals surface area contributed by atoms with Crippen molar-refractivity contribution < 1.29 is 14.3 Å². The summed E-state index contributed by atoms with van der Waals surface area (Å²) in [7, 11) is 0. The Balaban J connectivity index is 2.38. The van der Waals surface area contributed by atoms with Gasteiger partial charge in [0, 0.05) is 6.54 Å². The number of esters is 1. The second kappa shape index (κ2) is 7.94. The summed E-state index contributed by atoms with van der Waals surface area (Å²) < 4.78 is 5.03. The molecule has 0 radical (unpaired) electrons. The quantitative estimate of drug-likeness (QED) is 0.575. The maximum absolute atomic E-state index is 11.8. The normalized spacial score (nSPS) is 18.6. The summed E-state index contributed by atoms with van der Waals surface area (Å²) in [5.74, 6) is -0.111. The first-order valence-electron chi connectivity index (χ1n) is 6.89. The summed E-state index contributed by atoms with van der Waals surface area (Å²) in [6.45, 7) is 9.71. The maximum Gasteiger partial charge on any atom is 0.309 e. The average molecular weight is 268 g/mol. The molecule has 1 fully saturated rings. The van der Waals surface area contributed by atoms with Crippen LogP contribution in [0.2, 0.25) is 0 Å². The molecule has 1 saturated heterocycles. The predicted octanol–water partition coefficient (Wildman–Crippen LogP) is 0.952. The fourth-order valence-electron chi connectivity index (χ4n) is 2.27. The van der Waals surface area contributed by atoms with E-state index < -0.39 is 0 Å². The first-order valence-corrected chi connectivity index (χ1v) is 6.89. The Kier molecular flexibility index (Phi) is 6.56. The predicted molar refractivity (Wildman–Crippen MR) is 73.6 cm³/mol. The van der Waals surface area contributed by atoms with Gasteiger partial charge in [0.2, 0.25) is 5.91 Å². The number of hydrogen-bond acceptors (Lipinski definition) is 4. The van der Waals surface area contributed by atoms with Crippen LogP contribution in [0.5, 0.6) is 0 Å². The lowest BCUT2D eigenvalue weighted by Gasteiger charge is -2.34. The lowest BCUT2D eigenvalue weighted by Crippen LogP contribution is -2.49. The molecule has 0 saturated carbocycles. The van der Waals surface area contributed by atoms with Crippen LogP contribution in [-0.4, -0.2) is 49.1 Å². The van der Waals surface area contributed by atoms with Crippen LogP contribution in [0, 0.1) is 5.92 Å². The molecule has 5 nitrogen and oxygen atoms in total. The molecule has 19 heavy (non-hydrogen) atoms. The number of carbonyl (C=O) groups excluding carboxylic acids is 2. The van der Waals surface area contributed by atoms with Gasteiger partial charge in [-0.2, -0.15) is 0 Å². The van der Waals surface area contributed by atoms with Crippen LogP contribution >= 0.6 is 0 Å². The highest BCUT2D eigenvalue weighted by atomic mass is 16.5. The standard InChI is InChI=1S/C14H24N2O3/c1-4-8-15-13(17)11(3)16-9-6-12(7-10-16)14(18)19-5-2/h4,11-12H,1,5-10H2,2-3H3,(H,15,17). The van der Waals surface area contributed by atoms with Gasteiger partial charge in [-0.25, -0.2) is 0 Å². The van der Waals surface area contributed by atoms with E-state index in [0.717, 1.165) is 25.9 Å². The first kappa shape index (κ1) is 15.7. The van der Waals surface area contributed by atoms with E-state index in [2.05, 4.69) is 16.8 Å². The van der Waals surface area contributed by atoms with Crippen LogP contribution in [0.15, 0.2) is 12.7 Å². The molecule has 1 aliphatic heterocycles. The van der Waals surface area contributed by atoms with Gasteiger partial charge in [-0.05, 0) is 39.8 Å². The van der Waals surface area contributed by atoms with E-state index in [-0.39, 0.29) is 23.8 Å². The van der Waals surface area contributed by atoms with Crippen LogP contribution < -0.4 is 5.32 Å². The third kappa shape index (κ3) is 4.67. The Bertz CT molecular complexity index is 323. The topological polar surface area (TPSA) is 58.6 Å². The van der Waals surface area contributed by atoms with Gasteiger partial charge in [0.1, 0.15) is 0 Å². The minimum Gasteiger partial charge on any atom is -0.466 e. The average Bonchev–Trinajstić information content (AvgIpc) is 2.44. The molecule has 0 spiro atoms. The molecule has 0 aromatic carbocycles. The Morgan fingerprint density at radius 3 is 2.63 bits per heavy atom. The van der Waals surface area contributed by atoms with E-state index in [9.17, 15) is 9.59 Å². The zero-order chi connectivity index (χ0) is 14.3. The monoisotopic (exact) mass is 268 g/mol. The van der Waals surface area contributed by atoms with Gasteiger partial charge >= 0.3 is 5.97 Å². The molecule has 1 aliphatic rings. The zero-order valence-electron chi connectivity index (χ0n) is 11.9. The third-order valence-corrected chi connectivity index (χ3v) is 3.50. The largest absolute Gasteiger partial charge is 0.466 e. The lowest BCUT2D eigenvalue weighted by atomic mass is 9.96. The van der Waals surface area contributed by atoms with E-state index in [4.69, 9.17) is 4.74 Å². The van der Waals surface area contributed by atoms with Crippen molar-refractivity contribution in [2.45, 2.75) is 32.7 Å². The third-order valence-electron chi connectivity index (χ3n) is 3.50. The Morgan fingerprint density at radius 2 is 2.11 bits per heavy atom. The van der Waals surface area contributed by atoms with Gasteiger partial charge in [0.25, 0.3) is 0 Å². The van der Waals surface area contributed by atoms with Gasteiger partial charge in [-0.1, -0.05) is 6.08 Å². The summed E-state index contributed by atoms with van der Waals surface area (Å²) in [6.07, 6.45) is 3.19. The van der Waals surface area contributed by atoms with Gasteiger partial charge in [0.05, 0.1) is 18.6 Å². The van der Waals surface area contributed by atoms with E-state index in [1.54, 1.807) is 6.08 Å². The maximum atomic E-state index is 11.8. The van der Waals surface area contributed by atoms with Crippen molar-refractivity contribution in [3.8, 4) is 0 Å². The first-order chi connectivity index (χ1) is 9.10. The van der Waals surface area contributed by atoms with Crippen molar-refractivity contribution in [1.29, 1.82) is 0 Å². The van der Waals surface area contributed by atoms with Gasteiger partial charge < -0.3 is 10.1 Å². The van der Waals surface area contributed by atoms with Crippen molar-refractivity contribution >= 4 is 11.9 Å². The number of likely N-dealkylation sites (tertiary alicyclic amines) is 1. The molecule has 1 heterocycles. The number of carbonyl (C=O) groups is 2. The van der Waals surface area contributed by atoms with E-state index >= 15 is 0 Å². The second-order valence-corrected chi connectivity index (χ2v) is 4.77. The number of nitrogens with one attached hydrogen (secondary N) is 1. The Morgan fingerprint density at radius 1 is 1.47 bits per heavy atom. The molecular weight excluding hydrogens is 244 g/mol. The van der Waals surface area contributed by atoms with Crippen molar-refractivity contribution in [1.82, 2.24) is 10.2 Å². The smallest absolute Gasteiger partial charge is 0.309 e. The molecule has 0 bridgehead atoms. The fourth-order valence-corrected chi connectivity index (χ4v) is 2.27. The molecule has 1 rings (SSSR count). The number of nitrogens with zero attached hydrogens (tertiary/aromatic N) is 1. The molecule has 0 aromatic heterocycles. The summed E-state index contributed by atoms with van der Waals surface area (Å²) in [5.41, 5.74) is 0. The summed E-state index contributed by atoms with van der Waals surface area (Å²) in [5, 5.41) is 2.79. The molecule has 108 valence electrons. The highest BCUT2D eigenvalue weighted by Gasteiger charge is 2.30.